The average molecular weight is 656 g/mol. The first-order valence-corrected chi connectivity index (χ1v) is 16.9. The Bertz CT molecular complexity index is 1300. The molecule has 1 unspecified atom stereocenters. The van der Waals surface area contributed by atoms with Crippen LogP contribution in [0.2, 0.25) is 0 Å². The lowest BCUT2D eigenvalue weighted by atomic mass is 9.85. The molecular weight excluding hydrogens is 602 g/mol. The lowest BCUT2D eigenvalue weighted by molar-refractivity contribution is -0.146. The lowest BCUT2D eigenvalue weighted by Gasteiger charge is -2.37. The molecule has 1 saturated heterocycles. The Morgan fingerprint density at radius 3 is 2.23 bits per heavy atom. The minimum absolute atomic E-state index is 0.0593. The maximum atomic E-state index is 14.4. The van der Waals surface area contributed by atoms with Gasteiger partial charge in [0.1, 0.15) is 23.8 Å². The van der Waals surface area contributed by atoms with E-state index in [4.69, 9.17) is 0 Å². The molecule has 0 radical (unpaired) electrons. The molecule has 1 saturated carbocycles. The number of rotatable bonds is 14. The van der Waals surface area contributed by atoms with Crippen LogP contribution in [-0.4, -0.2) is 86.9 Å². The van der Waals surface area contributed by atoms with Crippen molar-refractivity contribution < 1.29 is 28.8 Å². The predicted molar refractivity (Wildman–Crippen MR) is 176 cm³/mol. The van der Waals surface area contributed by atoms with Gasteiger partial charge in [0.15, 0.2) is 0 Å². The first-order chi connectivity index (χ1) is 22.1. The first kappa shape index (κ1) is 37.6. The van der Waals surface area contributed by atoms with E-state index in [0.717, 1.165) is 19.3 Å². The number of amides is 5. The second kappa shape index (κ2) is 16.3. The molecule has 1 aromatic heterocycles. The molecule has 5 amide bonds. The number of nitrogens with one attached hydrogen (secondary N) is 4. The minimum atomic E-state index is -1.02. The summed E-state index contributed by atoms with van der Waals surface area (Å²) < 4.78 is 0. The molecule has 2 heterocycles. The number of carbonyl (C=O) groups excluding carboxylic acids is 6. The zero-order chi connectivity index (χ0) is 35.1. The lowest BCUT2D eigenvalue weighted by Crippen LogP contribution is -2.62. The summed E-state index contributed by atoms with van der Waals surface area (Å²) in [7, 11) is 0. The van der Waals surface area contributed by atoms with Crippen LogP contribution in [0.15, 0.2) is 18.6 Å². The van der Waals surface area contributed by atoms with E-state index < -0.39 is 64.9 Å². The maximum absolute atomic E-state index is 14.4. The fraction of sp³-hybridized carbons (Fsp3) is 0.706. The van der Waals surface area contributed by atoms with Crippen molar-refractivity contribution in [1.82, 2.24) is 36.1 Å². The number of carbonyl (C=O) groups is 6. The molecule has 0 bridgehead atoms. The summed E-state index contributed by atoms with van der Waals surface area (Å²) in [6.45, 7) is 15.0. The van der Waals surface area contributed by atoms with Crippen molar-refractivity contribution in [2.24, 2.45) is 23.2 Å². The van der Waals surface area contributed by atoms with E-state index in [1.807, 2.05) is 34.6 Å². The molecule has 260 valence electrons. The zero-order valence-corrected chi connectivity index (χ0v) is 29.1. The first-order valence-electron chi connectivity index (χ1n) is 16.9. The molecule has 3 rings (SSSR count). The average Bonchev–Trinajstić information content (AvgIpc) is 3.62. The van der Waals surface area contributed by atoms with Crippen LogP contribution in [0.1, 0.15) is 104 Å². The van der Waals surface area contributed by atoms with Crippen LogP contribution in [0.5, 0.6) is 0 Å². The van der Waals surface area contributed by atoms with Gasteiger partial charge >= 0.3 is 0 Å². The summed E-state index contributed by atoms with van der Waals surface area (Å²) >= 11 is 0. The van der Waals surface area contributed by atoms with Crippen molar-refractivity contribution in [3.05, 3.63) is 24.3 Å². The second-order valence-corrected chi connectivity index (χ2v) is 14.4. The van der Waals surface area contributed by atoms with Crippen LogP contribution >= 0.6 is 0 Å². The molecule has 2 fully saturated rings. The van der Waals surface area contributed by atoms with Crippen molar-refractivity contribution in [3.8, 4) is 0 Å². The second-order valence-electron chi connectivity index (χ2n) is 14.4. The van der Waals surface area contributed by atoms with Crippen LogP contribution < -0.4 is 21.3 Å². The zero-order valence-electron chi connectivity index (χ0n) is 29.1. The summed E-state index contributed by atoms with van der Waals surface area (Å²) in [6.07, 6.45) is 8.18. The molecule has 1 aliphatic heterocycles. The van der Waals surface area contributed by atoms with Gasteiger partial charge in [0.2, 0.25) is 23.5 Å². The van der Waals surface area contributed by atoms with E-state index in [2.05, 4.69) is 31.2 Å². The highest BCUT2D eigenvalue weighted by molar-refractivity contribution is 6.38. The third kappa shape index (κ3) is 9.35. The van der Waals surface area contributed by atoms with Crippen molar-refractivity contribution in [2.75, 3.05) is 6.54 Å². The Hall–Kier alpha value is -3.90. The molecule has 2 aliphatic rings. The van der Waals surface area contributed by atoms with Crippen molar-refractivity contribution in [3.63, 3.8) is 0 Å². The highest BCUT2D eigenvalue weighted by Crippen LogP contribution is 2.43. The molecule has 0 aromatic carbocycles. The van der Waals surface area contributed by atoms with Gasteiger partial charge in [-0.25, -0.2) is 4.98 Å². The van der Waals surface area contributed by atoms with Crippen LogP contribution in [0.3, 0.4) is 0 Å². The van der Waals surface area contributed by atoms with Gasteiger partial charge < -0.3 is 26.2 Å². The highest BCUT2D eigenvalue weighted by atomic mass is 16.2. The molecular formula is C34H53N7O6. The van der Waals surface area contributed by atoms with E-state index in [0.29, 0.717) is 19.4 Å². The van der Waals surface area contributed by atoms with Gasteiger partial charge in [0, 0.05) is 25.0 Å². The molecule has 0 spiro atoms. The van der Waals surface area contributed by atoms with Crippen LogP contribution in [-0.2, 0) is 24.0 Å². The summed E-state index contributed by atoms with van der Waals surface area (Å²) in [6, 6.07) is -4.04. The van der Waals surface area contributed by atoms with Gasteiger partial charge in [-0.3, -0.25) is 33.8 Å². The van der Waals surface area contributed by atoms with Gasteiger partial charge in [-0.2, -0.15) is 0 Å². The van der Waals surface area contributed by atoms with Gasteiger partial charge in [-0.05, 0) is 55.8 Å². The number of Topliss-reactive ketones (excluding diaryl/α,β-unsaturated/α-hetero) is 1. The van der Waals surface area contributed by atoms with Crippen LogP contribution in [0.4, 0.5) is 0 Å². The quantitative estimate of drug-likeness (QED) is 0.220. The Morgan fingerprint density at radius 1 is 0.957 bits per heavy atom. The SMILES string of the molecule is CCCC(NC(=O)[C@@H]1[C@H]2CCC[C@H]2CN1C(=O)[C@@H](NC(=O)[C@H](NC(=O)c1cnccn1)C(C)C)C(C)(C)C)C(=O)C(=O)N[C@@H](C)CC. The van der Waals surface area contributed by atoms with E-state index in [1.165, 1.54) is 18.6 Å². The van der Waals surface area contributed by atoms with Crippen LogP contribution in [0, 0.1) is 23.2 Å². The van der Waals surface area contributed by atoms with Gasteiger partial charge in [0.25, 0.3) is 11.8 Å². The number of hydrogen-bond acceptors (Lipinski definition) is 8. The summed E-state index contributed by atoms with van der Waals surface area (Å²) in [4.78, 5) is 90.3. The molecule has 13 heteroatoms. The van der Waals surface area contributed by atoms with Crippen LogP contribution in [0.25, 0.3) is 0 Å². The molecule has 47 heavy (non-hydrogen) atoms. The number of fused-ring (bicyclic) bond motifs is 1. The van der Waals surface area contributed by atoms with Gasteiger partial charge in [-0.15, -0.1) is 0 Å². The van der Waals surface area contributed by atoms with Crippen molar-refractivity contribution in [1.29, 1.82) is 0 Å². The number of ketones is 1. The number of likely N-dealkylation sites (tertiary alicyclic amines) is 1. The maximum Gasteiger partial charge on any atom is 0.289 e. The fourth-order valence-corrected chi connectivity index (χ4v) is 6.45. The van der Waals surface area contributed by atoms with Crippen molar-refractivity contribution >= 4 is 35.3 Å². The van der Waals surface area contributed by atoms with E-state index in [9.17, 15) is 28.8 Å². The standard InChI is InChI=1S/C34H53N7O6/c1-9-12-23(27(42)32(46)37-20(5)10-2)38-31(45)26-22-14-11-13-21(22)18-41(26)33(47)28(34(6,7)8)40-30(44)25(19(3)4)39-29(43)24-17-35-15-16-36-24/h15-17,19-23,25-26,28H,9-14,18H2,1-8H3,(H,37,46)(H,38,45)(H,39,43)(H,40,44)/t20-,21-,22-,23?,25+,26-,28+/m0/s1. The fourth-order valence-electron chi connectivity index (χ4n) is 6.45. The molecule has 4 N–H and O–H groups in total. The highest BCUT2D eigenvalue weighted by Gasteiger charge is 2.52. The smallest absolute Gasteiger partial charge is 0.289 e. The molecule has 1 aromatic rings. The topological polar surface area (TPSA) is 180 Å². The minimum Gasteiger partial charge on any atom is -0.347 e. The van der Waals surface area contributed by atoms with Crippen molar-refractivity contribution in [2.45, 2.75) is 124 Å². The molecule has 13 nitrogen and oxygen atoms in total. The molecule has 7 atom stereocenters. The van der Waals surface area contributed by atoms with Gasteiger partial charge in [0.05, 0.1) is 12.2 Å². The number of hydrogen-bond donors (Lipinski definition) is 4. The van der Waals surface area contributed by atoms with E-state index >= 15 is 0 Å². The third-order valence-electron chi connectivity index (χ3n) is 9.30. The number of nitrogens with zero attached hydrogens (tertiary/aromatic N) is 3. The monoisotopic (exact) mass is 655 g/mol. The predicted octanol–water partition coefficient (Wildman–Crippen LogP) is 2.16. The number of aromatic nitrogens is 2. The Morgan fingerprint density at radius 2 is 1.66 bits per heavy atom. The summed E-state index contributed by atoms with van der Waals surface area (Å²) in [5, 5.41) is 11.1. The normalized spacial score (nSPS) is 21.6. The third-order valence-corrected chi connectivity index (χ3v) is 9.30. The van der Waals surface area contributed by atoms with Gasteiger partial charge in [-0.1, -0.05) is 61.3 Å². The largest absolute Gasteiger partial charge is 0.347 e. The Balaban J connectivity index is 1.85. The van der Waals surface area contributed by atoms with E-state index in [1.54, 1.807) is 25.7 Å². The molecule has 1 aliphatic carbocycles. The van der Waals surface area contributed by atoms with E-state index in [-0.39, 0.29) is 35.9 Å². The Labute approximate surface area is 278 Å². The summed E-state index contributed by atoms with van der Waals surface area (Å²) in [5.41, 5.74) is -0.694. The Kier molecular flexibility index (Phi) is 13.0. The summed E-state index contributed by atoms with van der Waals surface area (Å²) in [5.74, 6) is -3.73.